The van der Waals surface area contributed by atoms with E-state index in [0.717, 1.165) is 5.56 Å². The van der Waals surface area contributed by atoms with Crippen molar-refractivity contribution in [1.82, 2.24) is 10.6 Å². The van der Waals surface area contributed by atoms with Gasteiger partial charge in [-0.25, -0.2) is 0 Å². The summed E-state index contributed by atoms with van der Waals surface area (Å²) in [6.07, 6.45) is 0.688. The first-order chi connectivity index (χ1) is 9.08. The number of nitrogens with one attached hydrogen (secondary N) is 2. The molecule has 1 rings (SSSR count). The zero-order valence-electron chi connectivity index (χ0n) is 11.4. The molecule has 5 nitrogen and oxygen atoms in total. The van der Waals surface area contributed by atoms with Crippen molar-refractivity contribution in [1.29, 1.82) is 0 Å². The average Bonchev–Trinajstić information content (AvgIpc) is 2.45. The molecule has 0 saturated heterocycles. The van der Waals surface area contributed by atoms with Gasteiger partial charge in [0.15, 0.2) is 0 Å². The standard InChI is InChI=1S/C14H21N3O2/c1-10(9-15)13(18)17-7-6-11-4-3-5-12(8-11)14(19)16-2/h3-5,8,10H,6-7,9,15H2,1-2H3,(H,16,19)(H,17,18). The van der Waals surface area contributed by atoms with Crippen LogP contribution in [0.3, 0.4) is 0 Å². The fourth-order valence-electron chi connectivity index (χ4n) is 1.62. The normalized spacial score (nSPS) is 11.7. The lowest BCUT2D eigenvalue weighted by Crippen LogP contribution is -2.34. The van der Waals surface area contributed by atoms with Crippen molar-refractivity contribution < 1.29 is 9.59 Å². The van der Waals surface area contributed by atoms with Crippen LogP contribution in [0.4, 0.5) is 0 Å². The van der Waals surface area contributed by atoms with E-state index in [9.17, 15) is 9.59 Å². The molecular weight excluding hydrogens is 242 g/mol. The number of benzene rings is 1. The average molecular weight is 263 g/mol. The van der Waals surface area contributed by atoms with Gasteiger partial charge >= 0.3 is 0 Å². The zero-order chi connectivity index (χ0) is 14.3. The highest BCUT2D eigenvalue weighted by molar-refractivity contribution is 5.94. The molecule has 5 heteroatoms. The summed E-state index contributed by atoms with van der Waals surface area (Å²) in [4.78, 5) is 23.0. The molecule has 0 heterocycles. The van der Waals surface area contributed by atoms with Gasteiger partial charge in [-0.15, -0.1) is 0 Å². The number of hydrogen-bond donors (Lipinski definition) is 3. The lowest BCUT2D eigenvalue weighted by molar-refractivity contribution is -0.124. The second-order valence-corrected chi connectivity index (χ2v) is 4.46. The Morgan fingerprint density at radius 1 is 1.37 bits per heavy atom. The van der Waals surface area contributed by atoms with Crippen LogP contribution in [0.1, 0.15) is 22.8 Å². The van der Waals surface area contributed by atoms with Crippen LogP contribution in [0.2, 0.25) is 0 Å². The van der Waals surface area contributed by atoms with E-state index >= 15 is 0 Å². The lowest BCUT2D eigenvalue weighted by Gasteiger charge is -2.10. The van der Waals surface area contributed by atoms with Gasteiger partial charge in [0.2, 0.25) is 5.91 Å². The number of nitrogens with two attached hydrogens (primary N) is 1. The minimum absolute atomic E-state index is 0.0371. The largest absolute Gasteiger partial charge is 0.355 e. The molecule has 1 unspecified atom stereocenters. The van der Waals surface area contributed by atoms with Crippen LogP contribution in [0.5, 0.6) is 0 Å². The molecule has 104 valence electrons. The zero-order valence-corrected chi connectivity index (χ0v) is 11.4. The SMILES string of the molecule is CNC(=O)c1cccc(CCNC(=O)C(C)CN)c1. The summed E-state index contributed by atoms with van der Waals surface area (Å²) in [6, 6.07) is 7.37. The Kier molecular flexibility index (Phi) is 6.02. The van der Waals surface area contributed by atoms with Crippen LogP contribution in [0, 0.1) is 5.92 Å². The molecule has 0 aliphatic heterocycles. The quantitative estimate of drug-likeness (QED) is 0.690. The first-order valence-electron chi connectivity index (χ1n) is 6.37. The molecule has 2 amide bonds. The van der Waals surface area contributed by atoms with Crippen LogP contribution in [-0.4, -0.2) is 32.0 Å². The van der Waals surface area contributed by atoms with Crippen molar-refractivity contribution in [2.75, 3.05) is 20.1 Å². The topological polar surface area (TPSA) is 84.2 Å². The second-order valence-electron chi connectivity index (χ2n) is 4.46. The van der Waals surface area contributed by atoms with Crippen LogP contribution in [-0.2, 0) is 11.2 Å². The number of hydrogen-bond acceptors (Lipinski definition) is 3. The van der Waals surface area contributed by atoms with Gasteiger partial charge in [-0.3, -0.25) is 9.59 Å². The first-order valence-corrected chi connectivity index (χ1v) is 6.37. The Bertz CT molecular complexity index is 446. The monoisotopic (exact) mass is 263 g/mol. The van der Waals surface area contributed by atoms with Crippen molar-refractivity contribution in [2.24, 2.45) is 11.7 Å². The molecule has 19 heavy (non-hydrogen) atoms. The molecule has 0 fully saturated rings. The van der Waals surface area contributed by atoms with E-state index in [0.29, 0.717) is 25.1 Å². The molecule has 0 aromatic heterocycles. The summed E-state index contributed by atoms with van der Waals surface area (Å²) in [5.41, 5.74) is 7.06. The van der Waals surface area contributed by atoms with E-state index < -0.39 is 0 Å². The van der Waals surface area contributed by atoms with Gasteiger partial charge in [-0.1, -0.05) is 19.1 Å². The van der Waals surface area contributed by atoms with Gasteiger partial charge in [-0.2, -0.15) is 0 Å². The van der Waals surface area contributed by atoms with Gasteiger partial charge in [-0.05, 0) is 24.1 Å². The van der Waals surface area contributed by atoms with E-state index in [2.05, 4.69) is 10.6 Å². The molecule has 0 aliphatic rings. The minimum Gasteiger partial charge on any atom is -0.355 e. The Morgan fingerprint density at radius 3 is 2.74 bits per heavy atom. The molecule has 1 aromatic carbocycles. The van der Waals surface area contributed by atoms with Gasteiger partial charge in [0.05, 0.1) is 0 Å². The number of carbonyl (C=O) groups is 2. The van der Waals surface area contributed by atoms with E-state index in [4.69, 9.17) is 5.73 Å². The minimum atomic E-state index is -0.169. The summed E-state index contributed by atoms with van der Waals surface area (Å²) in [5, 5.41) is 5.41. The van der Waals surface area contributed by atoms with Crippen molar-refractivity contribution in [3.63, 3.8) is 0 Å². The Morgan fingerprint density at radius 2 is 2.11 bits per heavy atom. The highest BCUT2D eigenvalue weighted by atomic mass is 16.2. The lowest BCUT2D eigenvalue weighted by atomic mass is 10.1. The van der Waals surface area contributed by atoms with Gasteiger partial charge in [0.1, 0.15) is 0 Å². The molecule has 1 aromatic rings. The summed E-state index contributed by atoms with van der Waals surface area (Å²) in [7, 11) is 1.60. The summed E-state index contributed by atoms with van der Waals surface area (Å²) < 4.78 is 0. The van der Waals surface area contributed by atoms with Crippen LogP contribution in [0.25, 0.3) is 0 Å². The van der Waals surface area contributed by atoms with Crippen molar-refractivity contribution >= 4 is 11.8 Å². The molecule has 0 radical (unpaired) electrons. The first kappa shape index (κ1) is 15.2. The Hall–Kier alpha value is -1.88. The second kappa shape index (κ2) is 7.53. The van der Waals surface area contributed by atoms with E-state index in [1.165, 1.54) is 0 Å². The van der Waals surface area contributed by atoms with E-state index in [1.807, 2.05) is 18.2 Å². The maximum Gasteiger partial charge on any atom is 0.251 e. The fraction of sp³-hybridized carbons (Fsp3) is 0.429. The predicted octanol–water partition coefficient (Wildman–Crippen LogP) is 0.300. The number of carbonyl (C=O) groups excluding carboxylic acids is 2. The third kappa shape index (κ3) is 4.71. The Balaban J connectivity index is 2.50. The third-order valence-electron chi connectivity index (χ3n) is 2.93. The van der Waals surface area contributed by atoms with Gasteiger partial charge < -0.3 is 16.4 Å². The van der Waals surface area contributed by atoms with Gasteiger partial charge in [0.25, 0.3) is 5.91 Å². The molecule has 0 spiro atoms. The summed E-state index contributed by atoms with van der Waals surface area (Å²) >= 11 is 0. The van der Waals surface area contributed by atoms with E-state index in [-0.39, 0.29) is 17.7 Å². The predicted molar refractivity (Wildman–Crippen MR) is 74.8 cm³/mol. The molecule has 0 bridgehead atoms. The van der Waals surface area contributed by atoms with Crippen LogP contribution in [0.15, 0.2) is 24.3 Å². The van der Waals surface area contributed by atoms with Crippen molar-refractivity contribution in [3.05, 3.63) is 35.4 Å². The van der Waals surface area contributed by atoms with Gasteiger partial charge in [0, 0.05) is 31.6 Å². The number of rotatable bonds is 6. The maximum atomic E-state index is 11.5. The fourth-order valence-corrected chi connectivity index (χ4v) is 1.62. The van der Waals surface area contributed by atoms with Crippen molar-refractivity contribution in [2.45, 2.75) is 13.3 Å². The maximum absolute atomic E-state index is 11.5. The molecule has 4 N–H and O–H groups in total. The summed E-state index contributed by atoms with van der Waals surface area (Å²) in [6.45, 7) is 2.68. The molecule has 0 aliphatic carbocycles. The van der Waals surface area contributed by atoms with Crippen LogP contribution >= 0.6 is 0 Å². The van der Waals surface area contributed by atoms with Crippen molar-refractivity contribution in [3.8, 4) is 0 Å². The smallest absolute Gasteiger partial charge is 0.251 e. The Labute approximate surface area is 113 Å². The highest BCUT2D eigenvalue weighted by Gasteiger charge is 2.09. The number of amides is 2. The summed E-state index contributed by atoms with van der Waals surface area (Å²) in [5.74, 6) is -0.315. The molecule has 1 atom stereocenters. The third-order valence-corrected chi connectivity index (χ3v) is 2.93. The molecule has 0 saturated carbocycles. The van der Waals surface area contributed by atoms with Crippen LogP contribution < -0.4 is 16.4 Å². The van der Waals surface area contributed by atoms with E-state index in [1.54, 1.807) is 20.0 Å². The highest BCUT2D eigenvalue weighted by Crippen LogP contribution is 2.05. The molecular formula is C14H21N3O2.